The van der Waals surface area contributed by atoms with Crippen molar-refractivity contribution in [3.05, 3.63) is 63.6 Å². The van der Waals surface area contributed by atoms with Gasteiger partial charge in [0.15, 0.2) is 0 Å². The summed E-state index contributed by atoms with van der Waals surface area (Å²) < 4.78 is 0. The molecular formula is C24H24ClN5O3S. The van der Waals surface area contributed by atoms with Crippen molar-refractivity contribution in [1.82, 2.24) is 10.2 Å². The number of rotatable bonds is 7. The van der Waals surface area contributed by atoms with Crippen LogP contribution in [0.15, 0.2) is 42.5 Å². The summed E-state index contributed by atoms with van der Waals surface area (Å²) in [5.74, 6) is -0.498. The summed E-state index contributed by atoms with van der Waals surface area (Å²) in [6.07, 6.45) is 1.54. The minimum atomic E-state index is -0.326. The number of carbonyl (C=O) groups is 3. The number of aryl methyl sites for hydroxylation is 1. The summed E-state index contributed by atoms with van der Waals surface area (Å²) in [5, 5.41) is 15.5. The highest BCUT2D eigenvalue weighted by molar-refractivity contribution is 7.15. The molecule has 2 N–H and O–H groups in total. The number of nitrogens with zero attached hydrogens (tertiary/aromatic N) is 3. The van der Waals surface area contributed by atoms with Crippen LogP contribution in [0.25, 0.3) is 0 Å². The molecule has 2 aromatic carbocycles. The maximum atomic E-state index is 12.6. The fourth-order valence-corrected chi connectivity index (χ4v) is 4.65. The van der Waals surface area contributed by atoms with Gasteiger partial charge in [0.05, 0.1) is 0 Å². The molecule has 4 rings (SSSR count). The molecule has 0 saturated carbocycles. The van der Waals surface area contributed by atoms with Crippen molar-refractivity contribution in [3.8, 4) is 0 Å². The second-order valence-electron chi connectivity index (χ2n) is 8.11. The molecule has 2 heterocycles. The van der Waals surface area contributed by atoms with E-state index in [2.05, 4.69) is 20.8 Å². The van der Waals surface area contributed by atoms with Gasteiger partial charge in [-0.25, -0.2) is 0 Å². The summed E-state index contributed by atoms with van der Waals surface area (Å²) in [7, 11) is 0. The third kappa shape index (κ3) is 5.43. The van der Waals surface area contributed by atoms with Crippen LogP contribution in [0.2, 0.25) is 5.02 Å². The fourth-order valence-electron chi connectivity index (χ4n) is 3.65. The normalized spacial score (nSPS) is 15.4. The number of halogens is 1. The van der Waals surface area contributed by atoms with E-state index in [1.54, 1.807) is 35.2 Å². The van der Waals surface area contributed by atoms with E-state index < -0.39 is 0 Å². The summed E-state index contributed by atoms with van der Waals surface area (Å²) in [6, 6.07) is 12.2. The molecule has 8 nitrogen and oxygen atoms in total. The zero-order chi connectivity index (χ0) is 24.2. The quantitative estimate of drug-likeness (QED) is 0.477. The van der Waals surface area contributed by atoms with Crippen LogP contribution < -0.4 is 15.5 Å². The van der Waals surface area contributed by atoms with Gasteiger partial charge in [0.25, 0.3) is 5.91 Å². The van der Waals surface area contributed by atoms with E-state index in [-0.39, 0.29) is 23.6 Å². The van der Waals surface area contributed by atoms with E-state index in [4.69, 9.17) is 11.6 Å². The molecule has 1 atom stereocenters. The molecule has 3 amide bonds. The minimum absolute atomic E-state index is 0.00294. The van der Waals surface area contributed by atoms with Crippen LogP contribution in [0.1, 0.15) is 53.0 Å². The molecule has 1 fully saturated rings. The first kappa shape index (κ1) is 23.8. The van der Waals surface area contributed by atoms with Crippen LogP contribution in [0, 0.1) is 6.92 Å². The van der Waals surface area contributed by atoms with E-state index in [0.29, 0.717) is 45.8 Å². The van der Waals surface area contributed by atoms with Crippen molar-refractivity contribution < 1.29 is 14.4 Å². The SMILES string of the molecule is CCCC(=O)Nc1ccc(C(=O)Nc2nnc([C@@H]3CC(=O)N(c4ccc(C)c(Cl)c4)C3)s2)cc1. The number of carbonyl (C=O) groups excluding carboxylic acids is 3. The van der Waals surface area contributed by atoms with Gasteiger partial charge in [-0.1, -0.05) is 35.9 Å². The third-order valence-electron chi connectivity index (χ3n) is 5.51. The molecule has 0 unspecified atom stereocenters. The molecule has 0 aliphatic carbocycles. The lowest BCUT2D eigenvalue weighted by molar-refractivity contribution is -0.117. The van der Waals surface area contributed by atoms with E-state index in [1.165, 1.54) is 11.3 Å². The Labute approximate surface area is 206 Å². The van der Waals surface area contributed by atoms with Gasteiger partial charge in [-0.05, 0) is 55.3 Å². The summed E-state index contributed by atoms with van der Waals surface area (Å²) in [6.45, 7) is 4.33. The second kappa shape index (κ2) is 10.3. The number of nitrogens with one attached hydrogen (secondary N) is 2. The zero-order valence-corrected chi connectivity index (χ0v) is 20.4. The Bertz CT molecular complexity index is 1230. The zero-order valence-electron chi connectivity index (χ0n) is 18.8. The van der Waals surface area contributed by atoms with Gasteiger partial charge in [0, 0.05) is 47.3 Å². The molecule has 0 spiro atoms. The van der Waals surface area contributed by atoms with Crippen molar-refractivity contribution in [2.45, 2.75) is 39.0 Å². The van der Waals surface area contributed by atoms with Gasteiger partial charge in [-0.15, -0.1) is 10.2 Å². The van der Waals surface area contributed by atoms with Crippen LogP contribution in [0.3, 0.4) is 0 Å². The molecule has 1 saturated heterocycles. The van der Waals surface area contributed by atoms with Crippen molar-refractivity contribution in [2.24, 2.45) is 0 Å². The average molecular weight is 498 g/mol. The maximum absolute atomic E-state index is 12.6. The van der Waals surface area contributed by atoms with Crippen LogP contribution in [-0.2, 0) is 9.59 Å². The molecule has 1 aliphatic heterocycles. The van der Waals surface area contributed by atoms with Crippen LogP contribution in [0.4, 0.5) is 16.5 Å². The monoisotopic (exact) mass is 497 g/mol. The van der Waals surface area contributed by atoms with Gasteiger partial charge < -0.3 is 10.2 Å². The third-order valence-corrected chi connectivity index (χ3v) is 6.92. The number of benzene rings is 2. The van der Waals surface area contributed by atoms with Gasteiger partial charge in [-0.3, -0.25) is 19.7 Å². The Morgan fingerprint density at radius 3 is 2.62 bits per heavy atom. The van der Waals surface area contributed by atoms with Crippen molar-refractivity contribution in [3.63, 3.8) is 0 Å². The molecule has 0 bridgehead atoms. The lowest BCUT2D eigenvalue weighted by Gasteiger charge is -2.17. The molecule has 34 heavy (non-hydrogen) atoms. The maximum Gasteiger partial charge on any atom is 0.257 e. The standard InChI is InChI=1S/C24H24ClN5O3S/c1-3-4-20(31)26-17-8-6-15(7-9-17)22(33)27-24-29-28-23(34-24)16-11-21(32)30(13-16)18-10-5-14(2)19(25)12-18/h5-10,12,16H,3-4,11,13H2,1-2H3,(H,26,31)(H,27,29,33)/t16-/m1/s1. The Morgan fingerprint density at radius 2 is 1.91 bits per heavy atom. The highest BCUT2D eigenvalue weighted by Crippen LogP contribution is 2.35. The summed E-state index contributed by atoms with van der Waals surface area (Å²) in [5.41, 5.74) is 2.78. The first-order valence-electron chi connectivity index (χ1n) is 10.9. The molecule has 10 heteroatoms. The first-order chi connectivity index (χ1) is 16.3. The molecule has 1 aliphatic rings. The predicted molar refractivity (Wildman–Crippen MR) is 134 cm³/mol. The Morgan fingerprint density at radius 1 is 1.15 bits per heavy atom. The predicted octanol–water partition coefficient (Wildman–Crippen LogP) is 5.01. The Kier molecular flexibility index (Phi) is 7.23. The van der Waals surface area contributed by atoms with Gasteiger partial charge >= 0.3 is 0 Å². The van der Waals surface area contributed by atoms with E-state index in [0.717, 1.165) is 17.7 Å². The number of amides is 3. The average Bonchev–Trinajstić information content (AvgIpc) is 3.43. The van der Waals surface area contributed by atoms with Gasteiger partial charge in [0.1, 0.15) is 5.01 Å². The van der Waals surface area contributed by atoms with Crippen LogP contribution >= 0.6 is 22.9 Å². The molecular weight excluding hydrogens is 474 g/mol. The van der Waals surface area contributed by atoms with Gasteiger partial charge in [0.2, 0.25) is 16.9 Å². The highest BCUT2D eigenvalue weighted by atomic mass is 35.5. The molecule has 0 radical (unpaired) electrons. The molecule has 1 aromatic heterocycles. The molecule has 3 aromatic rings. The second-order valence-corrected chi connectivity index (χ2v) is 9.53. The lowest BCUT2D eigenvalue weighted by Crippen LogP contribution is -2.24. The number of hydrogen-bond donors (Lipinski definition) is 2. The van der Waals surface area contributed by atoms with Crippen LogP contribution in [0.5, 0.6) is 0 Å². The Balaban J connectivity index is 1.38. The topological polar surface area (TPSA) is 104 Å². The van der Waals surface area contributed by atoms with Crippen molar-refractivity contribution in [2.75, 3.05) is 22.1 Å². The smallest absolute Gasteiger partial charge is 0.257 e. The van der Waals surface area contributed by atoms with Crippen LogP contribution in [-0.4, -0.2) is 34.5 Å². The Hall–Kier alpha value is -3.30. The largest absolute Gasteiger partial charge is 0.326 e. The van der Waals surface area contributed by atoms with E-state index in [1.807, 2.05) is 26.0 Å². The minimum Gasteiger partial charge on any atom is -0.326 e. The highest BCUT2D eigenvalue weighted by Gasteiger charge is 2.34. The fraction of sp³-hybridized carbons (Fsp3) is 0.292. The first-order valence-corrected chi connectivity index (χ1v) is 12.1. The van der Waals surface area contributed by atoms with E-state index >= 15 is 0 Å². The van der Waals surface area contributed by atoms with E-state index in [9.17, 15) is 14.4 Å². The lowest BCUT2D eigenvalue weighted by atomic mass is 10.1. The van der Waals surface area contributed by atoms with Crippen molar-refractivity contribution >= 4 is 57.2 Å². The van der Waals surface area contributed by atoms with Gasteiger partial charge in [-0.2, -0.15) is 0 Å². The summed E-state index contributed by atoms with van der Waals surface area (Å²) in [4.78, 5) is 38.6. The number of aromatic nitrogens is 2. The number of anilines is 3. The molecule has 176 valence electrons. The number of hydrogen-bond acceptors (Lipinski definition) is 6. The summed E-state index contributed by atoms with van der Waals surface area (Å²) >= 11 is 7.48. The van der Waals surface area contributed by atoms with Crippen molar-refractivity contribution in [1.29, 1.82) is 0 Å².